The van der Waals surface area contributed by atoms with Crippen molar-refractivity contribution in [2.24, 2.45) is 10.2 Å². The molecule has 0 unspecified atom stereocenters. The van der Waals surface area contributed by atoms with Gasteiger partial charge >= 0.3 is 6.18 Å². The zero-order valence-corrected chi connectivity index (χ0v) is 10.9. The Hall–Kier alpha value is -1.80. The predicted octanol–water partition coefficient (Wildman–Crippen LogP) is 4.44. The van der Waals surface area contributed by atoms with Gasteiger partial charge in [0.15, 0.2) is 11.4 Å². The lowest BCUT2D eigenvalue weighted by atomic mass is 10.3. The minimum atomic E-state index is -4.75. The number of aromatic nitrogens is 2. The van der Waals surface area contributed by atoms with Crippen LogP contribution in [0.1, 0.15) is 5.69 Å². The molecule has 2 rings (SSSR count). The number of halogens is 5. The summed E-state index contributed by atoms with van der Waals surface area (Å²) < 4.78 is 37.8. The molecule has 0 saturated carbocycles. The molecule has 0 spiro atoms. The van der Waals surface area contributed by atoms with E-state index in [1.165, 1.54) is 18.2 Å². The summed E-state index contributed by atoms with van der Waals surface area (Å²) in [4.78, 5) is 11.3. The normalized spacial score (nSPS) is 12.2. The van der Waals surface area contributed by atoms with Crippen LogP contribution in [-0.4, -0.2) is 10.2 Å². The van der Waals surface area contributed by atoms with Crippen LogP contribution in [0.2, 0.25) is 10.0 Å². The molecule has 1 heterocycles. The van der Waals surface area contributed by atoms with Crippen molar-refractivity contribution < 1.29 is 13.2 Å². The maximum Gasteiger partial charge on any atom is 0.435 e. The molecule has 0 amide bonds. The molecule has 5 nitrogen and oxygen atoms in total. The summed E-state index contributed by atoms with van der Waals surface area (Å²) in [6.07, 6.45) is -4.75. The van der Waals surface area contributed by atoms with Crippen molar-refractivity contribution in [2.75, 3.05) is 0 Å². The van der Waals surface area contributed by atoms with Gasteiger partial charge in [-0.3, -0.25) is 15.0 Å². The number of azo groups is 1. The molecule has 0 bridgehead atoms. The zero-order valence-electron chi connectivity index (χ0n) is 9.42. The Kier molecular flexibility index (Phi) is 3.87. The van der Waals surface area contributed by atoms with Gasteiger partial charge in [0.05, 0.1) is 5.02 Å². The van der Waals surface area contributed by atoms with E-state index in [2.05, 4.69) is 10.2 Å². The SMILES string of the molecule is O=c1[nH][nH]c(C(F)(F)F)c1N=Nc1ccc(Cl)cc1Cl. The summed E-state index contributed by atoms with van der Waals surface area (Å²) in [5.41, 5.74) is -3.13. The van der Waals surface area contributed by atoms with Gasteiger partial charge < -0.3 is 0 Å². The van der Waals surface area contributed by atoms with E-state index >= 15 is 0 Å². The third-order valence-electron chi connectivity index (χ3n) is 2.20. The number of aromatic amines is 2. The van der Waals surface area contributed by atoms with Crippen LogP contribution in [0, 0.1) is 0 Å². The minimum Gasteiger partial charge on any atom is -0.292 e. The maximum atomic E-state index is 12.6. The van der Waals surface area contributed by atoms with Crippen LogP contribution in [0.25, 0.3) is 0 Å². The molecule has 0 radical (unpaired) electrons. The van der Waals surface area contributed by atoms with Crippen molar-refractivity contribution in [1.29, 1.82) is 0 Å². The highest BCUT2D eigenvalue weighted by atomic mass is 35.5. The van der Waals surface area contributed by atoms with Crippen LogP contribution in [0.15, 0.2) is 33.2 Å². The van der Waals surface area contributed by atoms with E-state index < -0.39 is 23.1 Å². The van der Waals surface area contributed by atoms with Crippen LogP contribution in [0.5, 0.6) is 0 Å². The monoisotopic (exact) mass is 324 g/mol. The number of H-pyrrole nitrogens is 2. The molecule has 20 heavy (non-hydrogen) atoms. The second-order valence-electron chi connectivity index (χ2n) is 3.60. The van der Waals surface area contributed by atoms with Crippen LogP contribution < -0.4 is 5.56 Å². The Morgan fingerprint density at radius 2 is 1.80 bits per heavy atom. The summed E-state index contributed by atoms with van der Waals surface area (Å²) in [5.74, 6) is 0. The second kappa shape index (κ2) is 5.29. The molecule has 1 aromatic carbocycles. The fourth-order valence-corrected chi connectivity index (χ4v) is 1.76. The first-order valence-corrected chi connectivity index (χ1v) is 5.79. The van der Waals surface area contributed by atoms with E-state index in [-0.39, 0.29) is 10.7 Å². The minimum absolute atomic E-state index is 0.0878. The number of nitrogens with zero attached hydrogens (tertiary/aromatic N) is 2. The van der Waals surface area contributed by atoms with E-state index in [1.807, 2.05) is 0 Å². The molecule has 0 fully saturated rings. The molecule has 2 aromatic rings. The third kappa shape index (κ3) is 3.02. The molecule has 0 aliphatic rings. The highest BCUT2D eigenvalue weighted by Crippen LogP contribution is 2.34. The Labute approximate surface area is 119 Å². The van der Waals surface area contributed by atoms with Gasteiger partial charge in [-0.2, -0.15) is 13.2 Å². The van der Waals surface area contributed by atoms with Crippen molar-refractivity contribution in [1.82, 2.24) is 10.2 Å². The van der Waals surface area contributed by atoms with Gasteiger partial charge in [-0.1, -0.05) is 23.2 Å². The fourth-order valence-electron chi connectivity index (χ4n) is 1.32. The first kappa shape index (κ1) is 14.6. The molecule has 2 N–H and O–H groups in total. The third-order valence-corrected chi connectivity index (χ3v) is 2.74. The first-order valence-electron chi connectivity index (χ1n) is 5.03. The smallest absolute Gasteiger partial charge is 0.292 e. The van der Waals surface area contributed by atoms with Crippen LogP contribution in [0.3, 0.4) is 0 Å². The van der Waals surface area contributed by atoms with Crippen LogP contribution in [-0.2, 0) is 6.18 Å². The lowest BCUT2D eigenvalue weighted by Gasteiger charge is -2.02. The van der Waals surface area contributed by atoms with Crippen molar-refractivity contribution in [3.05, 3.63) is 44.3 Å². The number of rotatable bonds is 2. The predicted molar refractivity (Wildman–Crippen MR) is 67.1 cm³/mol. The number of benzene rings is 1. The highest BCUT2D eigenvalue weighted by molar-refractivity contribution is 6.36. The molecule has 0 aliphatic heterocycles. The van der Waals surface area contributed by atoms with E-state index in [9.17, 15) is 18.0 Å². The van der Waals surface area contributed by atoms with Gasteiger partial charge in [-0.15, -0.1) is 10.2 Å². The van der Waals surface area contributed by atoms with Gasteiger partial charge in [0.25, 0.3) is 5.56 Å². The van der Waals surface area contributed by atoms with Crippen LogP contribution in [0.4, 0.5) is 24.5 Å². The Morgan fingerprint density at radius 1 is 1.10 bits per heavy atom. The van der Waals surface area contributed by atoms with Crippen LogP contribution >= 0.6 is 23.2 Å². The molecular weight excluding hydrogens is 320 g/mol. The zero-order chi connectivity index (χ0) is 14.9. The maximum absolute atomic E-state index is 12.6. The van der Waals surface area contributed by atoms with Gasteiger partial charge in [-0.05, 0) is 18.2 Å². The van der Waals surface area contributed by atoms with Crippen molar-refractivity contribution >= 4 is 34.6 Å². The van der Waals surface area contributed by atoms with E-state index in [1.54, 1.807) is 10.2 Å². The summed E-state index contributed by atoms with van der Waals surface area (Å²) in [6.45, 7) is 0. The molecule has 0 atom stereocenters. The van der Waals surface area contributed by atoms with Gasteiger partial charge in [0.2, 0.25) is 0 Å². The molecular formula is C10H5Cl2F3N4O. The summed E-state index contributed by atoms with van der Waals surface area (Å²) >= 11 is 11.4. The van der Waals surface area contributed by atoms with Gasteiger partial charge in [0.1, 0.15) is 5.69 Å². The summed E-state index contributed by atoms with van der Waals surface area (Å²) in [6, 6.07) is 4.15. The Bertz CT molecular complexity index is 720. The lowest BCUT2D eigenvalue weighted by molar-refractivity contribution is -0.140. The standard InChI is InChI=1S/C10H5Cl2F3N4O/c11-4-1-2-6(5(12)3-4)16-17-7-8(10(13,14)15)18-19-9(7)20/h1-3H,(H2,18,19,20). The molecule has 1 aromatic heterocycles. The van der Waals surface area contributed by atoms with Crippen molar-refractivity contribution in [3.63, 3.8) is 0 Å². The van der Waals surface area contributed by atoms with Gasteiger partial charge in [0, 0.05) is 5.02 Å². The Morgan fingerprint density at radius 3 is 2.40 bits per heavy atom. The number of hydrogen-bond donors (Lipinski definition) is 2. The molecule has 10 heteroatoms. The Balaban J connectivity index is 2.42. The lowest BCUT2D eigenvalue weighted by Crippen LogP contribution is -2.06. The number of alkyl halides is 3. The number of nitrogens with one attached hydrogen (secondary N) is 2. The largest absolute Gasteiger partial charge is 0.435 e. The molecule has 106 valence electrons. The first-order chi connectivity index (χ1) is 9.29. The number of hydrogen-bond acceptors (Lipinski definition) is 3. The fraction of sp³-hybridized carbons (Fsp3) is 0.100. The summed E-state index contributed by atoms with van der Waals surface area (Å²) in [5, 5.41) is 10.7. The average molecular weight is 325 g/mol. The highest BCUT2D eigenvalue weighted by Gasteiger charge is 2.37. The van der Waals surface area contributed by atoms with E-state index in [0.29, 0.717) is 5.02 Å². The quantitative estimate of drug-likeness (QED) is 0.787. The molecule has 0 saturated heterocycles. The summed E-state index contributed by atoms with van der Waals surface area (Å²) in [7, 11) is 0. The van der Waals surface area contributed by atoms with Crippen molar-refractivity contribution in [2.45, 2.75) is 6.18 Å². The topological polar surface area (TPSA) is 73.4 Å². The van der Waals surface area contributed by atoms with E-state index in [4.69, 9.17) is 23.2 Å². The van der Waals surface area contributed by atoms with E-state index in [0.717, 1.165) is 0 Å². The second-order valence-corrected chi connectivity index (χ2v) is 4.44. The average Bonchev–Trinajstić information content (AvgIpc) is 2.69. The molecule has 0 aliphatic carbocycles. The van der Waals surface area contributed by atoms with Crippen molar-refractivity contribution in [3.8, 4) is 0 Å². The van der Waals surface area contributed by atoms with Gasteiger partial charge in [-0.25, -0.2) is 0 Å².